The second-order valence-electron chi connectivity index (χ2n) is 2.44. The Morgan fingerprint density at radius 1 is 1.31 bits per heavy atom. The number of carboxylic acid groups (broad SMARTS) is 2. The van der Waals surface area contributed by atoms with E-state index in [1.807, 2.05) is 0 Å². The molecule has 0 amide bonds. The molecule has 0 rings (SSSR count). The van der Waals surface area contributed by atoms with Gasteiger partial charge in [-0.3, -0.25) is 0 Å². The van der Waals surface area contributed by atoms with Crippen LogP contribution in [0, 0.1) is 0 Å². The van der Waals surface area contributed by atoms with Crippen molar-refractivity contribution in [2.24, 2.45) is 11.5 Å². The van der Waals surface area contributed by atoms with Crippen molar-refractivity contribution in [3.63, 3.8) is 0 Å². The Morgan fingerprint density at radius 3 is 1.92 bits per heavy atom. The Bertz CT molecular complexity index is 108. The van der Waals surface area contributed by atoms with Gasteiger partial charge < -0.3 is 21.7 Å². The summed E-state index contributed by atoms with van der Waals surface area (Å²) in [6.07, 6.45) is 2.71. The van der Waals surface area contributed by atoms with Crippen molar-refractivity contribution in [1.29, 1.82) is 0 Å². The van der Waals surface area contributed by atoms with Crippen LogP contribution in [0.5, 0.6) is 0 Å². The Morgan fingerprint density at radius 2 is 1.69 bits per heavy atom. The molecule has 0 unspecified atom stereocenters. The topological polar surface area (TPSA) is 110 Å². The van der Waals surface area contributed by atoms with Crippen LogP contribution in [0.4, 0.5) is 4.79 Å². The van der Waals surface area contributed by atoms with E-state index < -0.39 is 6.16 Å². The summed E-state index contributed by atoms with van der Waals surface area (Å²) < 4.78 is 0. The Kier molecular flexibility index (Phi) is 19.8. The lowest BCUT2D eigenvalue weighted by Crippen LogP contribution is -2.29. The van der Waals surface area contributed by atoms with E-state index >= 15 is 0 Å². The zero-order valence-corrected chi connectivity index (χ0v) is 8.59. The second kappa shape index (κ2) is 14.0. The van der Waals surface area contributed by atoms with Crippen molar-refractivity contribution in [1.82, 2.24) is 0 Å². The molecule has 0 aromatic heterocycles. The number of nitrogens with two attached hydrogens (primary N) is 2. The molecule has 0 spiro atoms. The van der Waals surface area contributed by atoms with Crippen LogP contribution >= 0.6 is 12.4 Å². The minimum Gasteiger partial charge on any atom is -0.450 e. The second-order valence-corrected chi connectivity index (χ2v) is 2.44. The number of unbranched alkanes of at least 4 members (excludes halogenated alkanes) is 2. The highest BCUT2D eigenvalue weighted by Gasteiger charge is 1.90. The normalized spacial score (nSPS) is 8.31. The monoisotopic (exact) mass is 214 g/mol. The highest BCUT2D eigenvalue weighted by molar-refractivity contribution is 5.85. The van der Waals surface area contributed by atoms with E-state index in [1.54, 1.807) is 0 Å². The summed E-state index contributed by atoms with van der Waals surface area (Å²) in [6, 6.07) is 0. The van der Waals surface area contributed by atoms with Crippen LogP contribution in [0.1, 0.15) is 32.6 Å². The predicted octanol–water partition coefficient (Wildman–Crippen LogP) is 1.45. The van der Waals surface area contributed by atoms with Crippen LogP contribution in [0.3, 0.4) is 0 Å². The van der Waals surface area contributed by atoms with Gasteiger partial charge in [-0.2, -0.15) is 0 Å². The van der Waals surface area contributed by atoms with Crippen molar-refractivity contribution < 1.29 is 15.0 Å². The zero-order valence-electron chi connectivity index (χ0n) is 7.77. The van der Waals surface area contributed by atoms with Gasteiger partial charge in [-0.1, -0.05) is 26.2 Å². The van der Waals surface area contributed by atoms with Gasteiger partial charge in [0.05, 0.1) is 6.17 Å². The molecule has 0 saturated heterocycles. The molecule has 0 aromatic carbocycles. The number of hydrogen-bond donors (Lipinski definition) is 4. The van der Waals surface area contributed by atoms with E-state index in [2.05, 4.69) is 6.92 Å². The lowest BCUT2D eigenvalue weighted by atomic mass is 10.2. The van der Waals surface area contributed by atoms with E-state index in [-0.39, 0.29) is 18.6 Å². The van der Waals surface area contributed by atoms with Gasteiger partial charge in [0.25, 0.3) is 0 Å². The SMILES string of the molecule is CCCCCC(N)N.Cl.O=C(O)O. The summed E-state index contributed by atoms with van der Waals surface area (Å²) in [7, 11) is 0. The molecule has 0 aliphatic carbocycles. The predicted molar refractivity (Wildman–Crippen MR) is 54.2 cm³/mol. The average molecular weight is 215 g/mol. The molecule has 0 fully saturated rings. The van der Waals surface area contributed by atoms with Gasteiger partial charge in [-0.15, -0.1) is 12.4 Å². The van der Waals surface area contributed by atoms with Crippen LogP contribution in [0.2, 0.25) is 0 Å². The lowest BCUT2D eigenvalue weighted by molar-refractivity contribution is 0.137. The molecule has 0 saturated carbocycles. The van der Waals surface area contributed by atoms with Crippen molar-refractivity contribution in [2.45, 2.75) is 38.8 Å². The summed E-state index contributed by atoms with van der Waals surface area (Å²) in [5.74, 6) is 0. The van der Waals surface area contributed by atoms with Crippen molar-refractivity contribution >= 4 is 18.6 Å². The number of carbonyl (C=O) groups is 1. The molecular formula is C7H19ClN2O3. The van der Waals surface area contributed by atoms with Gasteiger partial charge in [0.1, 0.15) is 0 Å². The average Bonchev–Trinajstić information content (AvgIpc) is 1.86. The third-order valence-corrected chi connectivity index (χ3v) is 1.14. The first-order valence-electron chi connectivity index (χ1n) is 3.93. The quantitative estimate of drug-likeness (QED) is 0.418. The maximum atomic E-state index is 8.56. The van der Waals surface area contributed by atoms with E-state index in [0.717, 1.165) is 6.42 Å². The number of halogens is 1. The van der Waals surface area contributed by atoms with E-state index in [4.69, 9.17) is 26.5 Å². The summed E-state index contributed by atoms with van der Waals surface area (Å²) in [6.45, 7) is 2.17. The third-order valence-electron chi connectivity index (χ3n) is 1.14. The van der Waals surface area contributed by atoms with Crippen LogP contribution in [-0.4, -0.2) is 22.5 Å². The fourth-order valence-electron chi connectivity index (χ4n) is 0.630. The molecule has 5 nitrogen and oxygen atoms in total. The van der Waals surface area contributed by atoms with Crippen LogP contribution in [0.15, 0.2) is 0 Å². The highest BCUT2D eigenvalue weighted by atomic mass is 35.5. The number of rotatable bonds is 4. The molecule has 0 radical (unpaired) electrons. The maximum Gasteiger partial charge on any atom is 0.503 e. The number of hydrogen-bond acceptors (Lipinski definition) is 3. The fourth-order valence-corrected chi connectivity index (χ4v) is 0.630. The van der Waals surface area contributed by atoms with Crippen molar-refractivity contribution in [3.8, 4) is 0 Å². The van der Waals surface area contributed by atoms with E-state index in [0.29, 0.717) is 0 Å². The van der Waals surface area contributed by atoms with Crippen LogP contribution < -0.4 is 11.5 Å². The molecule has 13 heavy (non-hydrogen) atoms. The third kappa shape index (κ3) is 51.4. The Hall–Kier alpha value is -0.520. The fraction of sp³-hybridized carbons (Fsp3) is 0.857. The molecule has 0 aliphatic heterocycles. The minimum absolute atomic E-state index is 0. The summed E-state index contributed by atoms with van der Waals surface area (Å²) in [5.41, 5.74) is 10.6. The molecule has 0 bridgehead atoms. The first-order chi connectivity index (χ1) is 5.50. The zero-order chi connectivity index (χ0) is 9.98. The molecule has 82 valence electrons. The molecule has 6 heteroatoms. The minimum atomic E-state index is -1.83. The molecule has 0 heterocycles. The van der Waals surface area contributed by atoms with Crippen molar-refractivity contribution in [3.05, 3.63) is 0 Å². The molecule has 0 atom stereocenters. The van der Waals surface area contributed by atoms with Gasteiger partial charge in [-0.05, 0) is 6.42 Å². The Balaban J connectivity index is -0.000000173. The van der Waals surface area contributed by atoms with Crippen LogP contribution in [0.25, 0.3) is 0 Å². The molecular weight excluding hydrogens is 196 g/mol. The smallest absolute Gasteiger partial charge is 0.450 e. The van der Waals surface area contributed by atoms with Gasteiger partial charge >= 0.3 is 6.16 Å². The van der Waals surface area contributed by atoms with Gasteiger partial charge in [0.15, 0.2) is 0 Å². The van der Waals surface area contributed by atoms with Crippen LogP contribution in [-0.2, 0) is 0 Å². The summed E-state index contributed by atoms with van der Waals surface area (Å²) in [5, 5.41) is 13.9. The van der Waals surface area contributed by atoms with Gasteiger partial charge in [0.2, 0.25) is 0 Å². The van der Waals surface area contributed by atoms with Gasteiger partial charge in [0, 0.05) is 0 Å². The highest BCUT2D eigenvalue weighted by Crippen LogP contribution is 1.97. The lowest BCUT2D eigenvalue weighted by Gasteiger charge is -2.01. The molecule has 0 aliphatic rings. The van der Waals surface area contributed by atoms with Gasteiger partial charge in [-0.25, -0.2) is 4.79 Å². The Labute approximate surface area is 84.5 Å². The molecule has 6 N–H and O–H groups in total. The van der Waals surface area contributed by atoms with E-state index in [9.17, 15) is 0 Å². The first-order valence-corrected chi connectivity index (χ1v) is 3.93. The van der Waals surface area contributed by atoms with Crippen molar-refractivity contribution in [2.75, 3.05) is 0 Å². The standard InChI is InChI=1S/C6H16N2.CH2O3.ClH/c1-2-3-4-5-6(7)8;2-1(3)4;/h6H,2-5,7-8H2,1H3;(H2,2,3,4);1H. The first kappa shape index (κ1) is 18.3. The largest absolute Gasteiger partial charge is 0.503 e. The maximum absolute atomic E-state index is 8.56. The summed E-state index contributed by atoms with van der Waals surface area (Å²) >= 11 is 0. The molecule has 0 aromatic rings. The van der Waals surface area contributed by atoms with E-state index in [1.165, 1.54) is 19.3 Å². The summed E-state index contributed by atoms with van der Waals surface area (Å²) in [4.78, 5) is 8.56.